The molecule has 0 radical (unpaired) electrons. The summed E-state index contributed by atoms with van der Waals surface area (Å²) < 4.78 is 2.33. The Kier molecular flexibility index (Phi) is 5.61. The molecule has 0 saturated heterocycles. The molecule has 0 aliphatic heterocycles. The number of rotatable bonds is 5. The predicted octanol–water partition coefficient (Wildman–Crippen LogP) is 6.48. The van der Waals surface area contributed by atoms with Crippen molar-refractivity contribution in [1.29, 1.82) is 0 Å². The number of aromatic nitrogens is 4. The van der Waals surface area contributed by atoms with Crippen LogP contribution in [0.15, 0.2) is 67.3 Å². The van der Waals surface area contributed by atoms with Crippen LogP contribution >= 0.6 is 0 Å². The monoisotopic (exact) mass is 408 g/mol. The molecule has 0 unspecified atom stereocenters. The second-order valence-corrected chi connectivity index (χ2v) is 8.34. The van der Waals surface area contributed by atoms with Gasteiger partial charge in [-0.25, -0.2) is 0 Å². The van der Waals surface area contributed by atoms with Crippen LogP contribution in [0.25, 0.3) is 22.6 Å². The quantitative estimate of drug-likeness (QED) is 0.379. The fraction of sp³-hybridized carbons (Fsp3) is 0.296. The predicted molar refractivity (Wildman–Crippen MR) is 127 cm³/mol. The van der Waals surface area contributed by atoms with Crippen molar-refractivity contribution in [2.24, 2.45) is 0 Å². The molecule has 0 atom stereocenters. The molecule has 0 N–H and O–H groups in total. The molecule has 3 aromatic heterocycles. The minimum atomic E-state index is 0.514. The Balaban J connectivity index is 1.67. The number of fused-ring (bicyclic) bond motifs is 1. The summed E-state index contributed by atoms with van der Waals surface area (Å²) >= 11 is 0. The Bertz CT molecular complexity index is 1190. The largest absolute Gasteiger partial charge is 0.265 e. The van der Waals surface area contributed by atoms with Crippen molar-refractivity contribution in [2.45, 2.75) is 51.5 Å². The first kappa shape index (κ1) is 19.7. The number of aryl methyl sites for hydroxylation is 1. The second kappa shape index (κ2) is 8.84. The van der Waals surface area contributed by atoms with Crippen LogP contribution in [-0.4, -0.2) is 19.7 Å². The molecule has 1 aliphatic carbocycles. The molecule has 1 aliphatic rings. The van der Waals surface area contributed by atoms with Gasteiger partial charge in [-0.05, 0) is 77.9 Å². The lowest BCUT2D eigenvalue weighted by Gasteiger charge is -2.23. The Morgan fingerprint density at radius 2 is 1.61 bits per heavy atom. The van der Waals surface area contributed by atoms with Crippen LogP contribution in [0.5, 0.6) is 0 Å². The van der Waals surface area contributed by atoms with E-state index in [1.165, 1.54) is 59.8 Å². The smallest absolute Gasteiger partial charge is 0.0700 e. The van der Waals surface area contributed by atoms with E-state index in [2.05, 4.69) is 58.0 Å². The van der Waals surface area contributed by atoms with E-state index < -0.39 is 0 Å². The Morgan fingerprint density at radius 1 is 0.903 bits per heavy atom. The number of nitrogens with zero attached hydrogens (tertiary/aromatic N) is 4. The lowest BCUT2D eigenvalue weighted by molar-refractivity contribution is 0.336. The molecule has 5 rings (SSSR count). The standard InChI is InChI=1S/C27H28N4/c1-2-26-24-9-8-22(19-27(24)31(30-26)23-6-4-3-5-7-23)25(21-12-16-29-17-13-21)18-20-10-14-28-15-11-20/h8-19,23H,2-7H2,1H3. The third kappa shape index (κ3) is 4.02. The van der Waals surface area contributed by atoms with Crippen LogP contribution in [0.3, 0.4) is 0 Å². The van der Waals surface area contributed by atoms with Crippen molar-refractivity contribution in [1.82, 2.24) is 19.7 Å². The lowest BCUT2D eigenvalue weighted by Crippen LogP contribution is -2.14. The van der Waals surface area contributed by atoms with Gasteiger partial charge in [0.25, 0.3) is 0 Å². The molecule has 3 heterocycles. The average Bonchev–Trinajstić information content (AvgIpc) is 3.22. The van der Waals surface area contributed by atoms with Crippen molar-refractivity contribution in [3.05, 3.63) is 89.6 Å². The molecule has 4 aromatic rings. The number of hydrogen-bond acceptors (Lipinski definition) is 3. The van der Waals surface area contributed by atoms with Crippen LogP contribution in [-0.2, 0) is 6.42 Å². The summed E-state index contributed by atoms with van der Waals surface area (Å²) in [5.41, 5.74) is 7.15. The molecular formula is C27H28N4. The molecule has 4 heteroatoms. The molecule has 31 heavy (non-hydrogen) atoms. The topological polar surface area (TPSA) is 43.6 Å². The second-order valence-electron chi connectivity index (χ2n) is 8.34. The Hall–Kier alpha value is -3.27. The van der Waals surface area contributed by atoms with E-state index in [-0.39, 0.29) is 0 Å². The minimum absolute atomic E-state index is 0.514. The summed E-state index contributed by atoms with van der Waals surface area (Å²) in [6, 6.07) is 15.6. The van der Waals surface area contributed by atoms with Crippen LogP contribution in [0.2, 0.25) is 0 Å². The molecule has 1 fully saturated rings. The maximum absolute atomic E-state index is 5.07. The van der Waals surface area contributed by atoms with Gasteiger partial charge >= 0.3 is 0 Å². The van der Waals surface area contributed by atoms with Crippen molar-refractivity contribution in [3.63, 3.8) is 0 Å². The van der Waals surface area contributed by atoms with Crippen LogP contribution in [0, 0.1) is 0 Å². The highest BCUT2D eigenvalue weighted by Gasteiger charge is 2.20. The van der Waals surface area contributed by atoms with Crippen LogP contribution in [0.1, 0.15) is 67.5 Å². The highest BCUT2D eigenvalue weighted by molar-refractivity contribution is 5.95. The van der Waals surface area contributed by atoms with E-state index in [0.717, 1.165) is 17.5 Å². The first-order chi connectivity index (χ1) is 15.3. The van der Waals surface area contributed by atoms with Crippen molar-refractivity contribution in [2.75, 3.05) is 0 Å². The summed E-state index contributed by atoms with van der Waals surface area (Å²) in [5.74, 6) is 0. The maximum Gasteiger partial charge on any atom is 0.0700 e. The van der Waals surface area contributed by atoms with Crippen molar-refractivity contribution < 1.29 is 0 Å². The third-order valence-corrected chi connectivity index (χ3v) is 6.36. The lowest BCUT2D eigenvalue weighted by atomic mass is 9.94. The van der Waals surface area contributed by atoms with E-state index in [0.29, 0.717) is 6.04 Å². The molecule has 156 valence electrons. The molecule has 4 nitrogen and oxygen atoms in total. The molecule has 1 saturated carbocycles. The van der Waals surface area contributed by atoms with Gasteiger partial charge in [0.15, 0.2) is 0 Å². The van der Waals surface area contributed by atoms with E-state index in [1.807, 2.05) is 36.9 Å². The Labute approximate surface area is 183 Å². The van der Waals surface area contributed by atoms with Gasteiger partial charge in [0.2, 0.25) is 0 Å². The van der Waals surface area contributed by atoms with Gasteiger partial charge in [-0.3, -0.25) is 14.6 Å². The summed E-state index contributed by atoms with van der Waals surface area (Å²) in [6.07, 6.45) is 17.0. The highest BCUT2D eigenvalue weighted by Crippen LogP contribution is 2.34. The minimum Gasteiger partial charge on any atom is -0.265 e. The fourth-order valence-electron chi connectivity index (χ4n) is 4.73. The summed E-state index contributed by atoms with van der Waals surface area (Å²) in [6.45, 7) is 2.20. The first-order valence-electron chi connectivity index (χ1n) is 11.4. The summed E-state index contributed by atoms with van der Waals surface area (Å²) in [5, 5.41) is 6.35. The van der Waals surface area contributed by atoms with Gasteiger partial charge in [0.05, 0.1) is 17.3 Å². The van der Waals surface area contributed by atoms with Crippen molar-refractivity contribution >= 4 is 22.6 Å². The van der Waals surface area contributed by atoms with Gasteiger partial charge < -0.3 is 0 Å². The molecule has 0 amide bonds. The summed E-state index contributed by atoms with van der Waals surface area (Å²) in [7, 11) is 0. The zero-order valence-corrected chi connectivity index (χ0v) is 18.0. The first-order valence-corrected chi connectivity index (χ1v) is 11.4. The van der Waals surface area contributed by atoms with E-state index in [9.17, 15) is 0 Å². The van der Waals surface area contributed by atoms with E-state index in [1.54, 1.807) is 0 Å². The van der Waals surface area contributed by atoms with Gasteiger partial charge in [-0.15, -0.1) is 0 Å². The van der Waals surface area contributed by atoms with E-state index in [4.69, 9.17) is 5.10 Å². The van der Waals surface area contributed by atoms with Gasteiger partial charge in [0, 0.05) is 30.2 Å². The number of hydrogen-bond donors (Lipinski definition) is 0. The molecule has 1 aromatic carbocycles. The fourth-order valence-corrected chi connectivity index (χ4v) is 4.73. The normalized spacial score (nSPS) is 15.5. The zero-order valence-electron chi connectivity index (χ0n) is 18.0. The average molecular weight is 409 g/mol. The number of pyridine rings is 2. The van der Waals surface area contributed by atoms with E-state index >= 15 is 0 Å². The Morgan fingerprint density at radius 3 is 2.32 bits per heavy atom. The zero-order chi connectivity index (χ0) is 21.0. The molecule has 0 bridgehead atoms. The highest BCUT2D eigenvalue weighted by atomic mass is 15.3. The van der Waals surface area contributed by atoms with Crippen LogP contribution in [0.4, 0.5) is 0 Å². The van der Waals surface area contributed by atoms with Gasteiger partial charge in [-0.2, -0.15) is 5.10 Å². The molecule has 0 spiro atoms. The summed E-state index contributed by atoms with van der Waals surface area (Å²) in [4.78, 5) is 8.38. The van der Waals surface area contributed by atoms with Crippen molar-refractivity contribution in [3.8, 4) is 0 Å². The van der Waals surface area contributed by atoms with Crippen LogP contribution < -0.4 is 0 Å². The van der Waals surface area contributed by atoms with Gasteiger partial charge in [0.1, 0.15) is 0 Å². The maximum atomic E-state index is 5.07. The SMILES string of the molecule is CCc1nn(C2CCCCC2)c2cc(C(=Cc3ccncc3)c3ccncc3)ccc12. The number of benzene rings is 1. The van der Waals surface area contributed by atoms with Gasteiger partial charge in [-0.1, -0.05) is 38.3 Å². The molecular weight excluding hydrogens is 380 g/mol. The third-order valence-electron chi connectivity index (χ3n) is 6.36.